The van der Waals surface area contributed by atoms with E-state index in [-0.39, 0.29) is 0 Å². The van der Waals surface area contributed by atoms with E-state index in [1.165, 1.54) is 4.90 Å². The summed E-state index contributed by atoms with van der Waals surface area (Å²) >= 11 is 5.47. The number of quaternary nitrogens is 1. The Morgan fingerprint density at radius 1 is 1.12 bits per heavy atom. The van der Waals surface area contributed by atoms with E-state index in [0.717, 1.165) is 50.2 Å². The zero-order valence-corrected chi connectivity index (χ0v) is 15.2. The van der Waals surface area contributed by atoms with Crippen LogP contribution in [0.4, 0.5) is 5.95 Å². The lowest BCUT2D eigenvalue weighted by Crippen LogP contribution is -3.14. The molecule has 1 aliphatic heterocycles. The van der Waals surface area contributed by atoms with Crippen LogP contribution in [0.1, 0.15) is 11.4 Å². The summed E-state index contributed by atoms with van der Waals surface area (Å²) in [6.45, 7) is 8.70. The quantitative estimate of drug-likeness (QED) is 0.667. The second-order valence-electron chi connectivity index (χ2n) is 6.39. The first-order valence-corrected chi connectivity index (χ1v) is 8.82. The van der Waals surface area contributed by atoms with Crippen LogP contribution >= 0.6 is 12.2 Å². The number of hydrogen-bond donors (Lipinski definition) is 1. The van der Waals surface area contributed by atoms with Gasteiger partial charge in [0.25, 0.3) is 5.78 Å². The van der Waals surface area contributed by atoms with Crippen LogP contribution in [0.25, 0.3) is 5.78 Å². The van der Waals surface area contributed by atoms with E-state index in [0.29, 0.717) is 10.5 Å². The van der Waals surface area contributed by atoms with Crippen molar-refractivity contribution in [3.05, 3.63) is 40.7 Å². The Kier molecular flexibility index (Phi) is 4.18. The van der Waals surface area contributed by atoms with Gasteiger partial charge in [-0.15, -0.1) is 0 Å². The minimum atomic E-state index is 0.586. The SMILES string of the molecule is Cc1cc(C)n2c(n1)nc(=S)n2C[NH+]1CCN(c2ncccn2)CC1. The molecule has 1 aliphatic rings. The molecule has 0 saturated carbocycles. The van der Waals surface area contributed by atoms with Crippen molar-refractivity contribution in [1.29, 1.82) is 0 Å². The summed E-state index contributed by atoms with van der Waals surface area (Å²) in [5.74, 6) is 1.49. The number of hydrogen-bond acceptors (Lipinski definition) is 6. The number of rotatable bonds is 3. The summed E-state index contributed by atoms with van der Waals surface area (Å²) in [5.41, 5.74) is 2.06. The Balaban J connectivity index is 1.52. The summed E-state index contributed by atoms with van der Waals surface area (Å²) in [6, 6.07) is 3.90. The lowest BCUT2D eigenvalue weighted by Gasteiger charge is -2.32. The van der Waals surface area contributed by atoms with Crippen molar-refractivity contribution in [2.45, 2.75) is 20.5 Å². The molecule has 0 spiro atoms. The average molecular weight is 357 g/mol. The molecule has 1 N–H and O–H groups in total. The molecule has 3 aromatic rings. The molecule has 8 nitrogen and oxygen atoms in total. The summed E-state index contributed by atoms with van der Waals surface area (Å²) in [6.07, 6.45) is 3.58. The monoisotopic (exact) mass is 357 g/mol. The molecule has 25 heavy (non-hydrogen) atoms. The fourth-order valence-corrected chi connectivity index (χ4v) is 3.57. The molecular formula is C16H21N8S+. The molecule has 9 heteroatoms. The zero-order chi connectivity index (χ0) is 17.4. The van der Waals surface area contributed by atoms with E-state index >= 15 is 0 Å². The molecule has 0 bridgehead atoms. The van der Waals surface area contributed by atoms with Crippen LogP contribution in [-0.2, 0) is 6.67 Å². The van der Waals surface area contributed by atoms with Crippen LogP contribution in [0, 0.1) is 18.6 Å². The van der Waals surface area contributed by atoms with Gasteiger partial charge in [-0.1, -0.05) is 0 Å². The van der Waals surface area contributed by atoms with Gasteiger partial charge in [-0.2, -0.15) is 4.98 Å². The van der Waals surface area contributed by atoms with Gasteiger partial charge in [-0.25, -0.2) is 24.1 Å². The lowest BCUT2D eigenvalue weighted by atomic mass is 10.3. The first-order valence-electron chi connectivity index (χ1n) is 8.41. The highest BCUT2D eigenvalue weighted by Crippen LogP contribution is 2.07. The highest BCUT2D eigenvalue weighted by molar-refractivity contribution is 7.71. The van der Waals surface area contributed by atoms with E-state index in [4.69, 9.17) is 12.2 Å². The van der Waals surface area contributed by atoms with Gasteiger partial charge in [0.05, 0.1) is 26.2 Å². The number of anilines is 1. The Hall–Kier alpha value is -2.39. The second-order valence-corrected chi connectivity index (χ2v) is 6.75. The van der Waals surface area contributed by atoms with E-state index in [2.05, 4.69) is 42.5 Å². The predicted molar refractivity (Wildman–Crippen MR) is 96.2 cm³/mol. The molecule has 0 aliphatic carbocycles. The molecule has 0 atom stereocenters. The number of nitrogens with zero attached hydrogens (tertiary/aromatic N) is 7. The number of aryl methyl sites for hydroxylation is 2. The van der Waals surface area contributed by atoms with Gasteiger partial charge in [-0.3, -0.25) is 0 Å². The van der Waals surface area contributed by atoms with Gasteiger partial charge in [0.2, 0.25) is 10.7 Å². The van der Waals surface area contributed by atoms with Crippen molar-refractivity contribution in [3.8, 4) is 0 Å². The summed E-state index contributed by atoms with van der Waals surface area (Å²) in [4.78, 5) is 21.3. The minimum Gasteiger partial charge on any atom is -0.330 e. The van der Waals surface area contributed by atoms with Gasteiger partial charge in [0, 0.05) is 23.8 Å². The highest BCUT2D eigenvalue weighted by Gasteiger charge is 2.23. The zero-order valence-electron chi connectivity index (χ0n) is 14.4. The first-order chi connectivity index (χ1) is 12.1. The topological polar surface area (TPSA) is 68.6 Å². The van der Waals surface area contributed by atoms with Crippen LogP contribution < -0.4 is 9.80 Å². The molecule has 1 saturated heterocycles. The molecule has 4 rings (SSSR count). The Morgan fingerprint density at radius 3 is 2.56 bits per heavy atom. The van der Waals surface area contributed by atoms with Crippen molar-refractivity contribution < 1.29 is 4.90 Å². The molecule has 130 valence electrons. The maximum Gasteiger partial charge on any atom is 0.252 e. The molecule has 0 radical (unpaired) electrons. The second kappa shape index (κ2) is 6.49. The fraction of sp³-hybridized carbons (Fsp3) is 0.438. The number of nitrogens with one attached hydrogen (secondary N) is 1. The van der Waals surface area contributed by atoms with Crippen LogP contribution in [0.3, 0.4) is 0 Å². The first kappa shape index (κ1) is 16.1. The largest absolute Gasteiger partial charge is 0.330 e. The third kappa shape index (κ3) is 3.12. The van der Waals surface area contributed by atoms with Crippen molar-refractivity contribution in [2.75, 3.05) is 31.1 Å². The predicted octanol–water partition coefficient (Wildman–Crippen LogP) is 0.0297. The van der Waals surface area contributed by atoms with Gasteiger partial charge in [-0.05, 0) is 38.2 Å². The van der Waals surface area contributed by atoms with Gasteiger partial charge in [0.1, 0.15) is 0 Å². The van der Waals surface area contributed by atoms with Crippen LogP contribution in [0.5, 0.6) is 0 Å². The molecule has 0 aromatic carbocycles. The third-order valence-corrected chi connectivity index (χ3v) is 4.86. The summed E-state index contributed by atoms with van der Waals surface area (Å²) in [5, 5.41) is 0. The Labute approximate surface area is 150 Å². The van der Waals surface area contributed by atoms with Crippen molar-refractivity contribution in [2.24, 2.45) is 0 Å². The number of fused-ring (bicyclic) bond motifs is 1. The highest BCUT2D eigenvalue weighted by atomic mass is 32.1. The molecule has 4 heterocycles. The fourth-order valence-electron chi connectivity index (χ4n) is 3.34. The normalized spacial score (nSPS) is 15.8. The van der Waals surface area contributed by atoms with Crippen LogP contribution in [0.2, 0.25) is 0 Å². The molecule has 0 unspecified atom stereocenters. The van der Waals surface area contributed by atoms with Gasteiger partial charge >= 0.3 is 0 Å². The maximum absolute atomic E-state index is 5.47. The lowest BCUT2D eigenvalue weighted by molar-refractivity contribution is -0.924. The van der Waals surface area contributed by atoms with Crippen molar-refractivity contribution >= 4 is 23.9 Å². The van der Waals surface area contributed by atoms with Crippen LogP contribution in [-0.4, -0.2) is 55.3 Å². The van der Waals surface area contributed by atoms with E-state index in [1.54, 1.807) is 12.4 Å². The van der Waals surface area contributed by atoms with Crippen molar-refractivity contribution in [3.63, 3.8) is 0 Å². The number of aromatic nitrogens is 6. The Morgan fingerprint density at radius 2 is 1.84 bits per heavy atom. The number of piperazine rings is 1. The smallest absolute Gasteiger partial charge is 0.252 e. The molecule has 1 fully saturated rings. The molecule has 0 amide bonds. The summed E-state index contributed by atoms with van der Waals surface area (Å²) in [7, 11) is 0. The standard InChI is InChI=1S/C16H20N8S/c1-12-10-13(2)24-15(19-12)20-16(25)23(24)11-21-6-8-22(9-7-21)14-17-4-3-5-18-14/h3-5,10H,6-9,11H2,1-2H3/p+1. The van der Waals surface area contributed by atoms with E-state index in [1.807, 2.05) is 17.5 Å². The summed E-state index contributed by atoms with van der Waals surface area (Å²) < 4.78 is 4.66. The van der Waals surface area contributed by atoms with E-state index < -0.39 is 0 Å². The van der Waals surface area contributed by atoms with Gasteiger partial charge in [0.15, 0.2) is 6.67 Å². The molecular weight excluding hydrogens is 336 g/mol. The average Bonchev–Trinajstić information content (AvgIpc) is 2.92. The minimum absolute atomic E-state index is 0.586. The maximum atomic E-state index is 5.47. The van der Waals surface area contributed by atoms with Crippen molar-refractivity contribution in [1.82, 2.24) is 29.1 Å². The molecule has 3 aromatic heterocycles. The van der Waals surface area contributed by atoms with Crippen LogP contribution in [0.15, 0.2) is 24.5 Å². The Bertz CT molecular complexity index is 940. The third-order valence-electron chi connectivity index (χ3n) is 4.55. The van der Waals surface area contributed by atoms with E-state index in [9.17, 15) is 0 Å². The van der Waals surface area contributed by atoms with Gasteiger partial charge < -0.3 is 9.80 Å².